The number of urea groups is 1. The molecule has 2 amide bonds. The minimum absolute atomic E-state index is 0.219. The Kier molecular flexibility index (Phi) is 3.72. The van der Waals surface area contributed by atoms with Gasteiger partial charge in [0.1, 0.15) is 5.75 Å². The maximum absolute atomic E-state index is 12.2. The number of β-amino-alcohol motifs (C(OH)–C–C–N with tert-alkyl or cyclic N) is 1. The number of aliphatic hydroxyl groups is 1. The van der Waals surface area contributed by atoms with Gasteiger partial charge in [-0.3, -0.25) is 0 Å². The van der Waals surface area contributed by atoms with Gasteiger partial charge in [-0.15, -0.1) is 0 Å². The molecule has 0 spiro atoms. The number of aliphatic hydroxyl groups excluding tert-OH is 1. The zero-order valence-corrected chi connectivity index (χ0v) is 11.8. The molecule has 0 aromatic heterocycles. The lowest BCUT2D eigenvalue weighted by atomic mass is 10.1. The Hall–Kier alpha value is -1.46. The highest BCUT2D eigenvalue weighted by molar-refractivity contribution is 6.31. The molecule has 1 saturated heterocycles. The molecule has 0 bridgehead atoms. The predicted octanol–water partition coefficient (Wildman–Crippen LogP) is 2.26. The third-order valence-corrected chi connectivity index (χ3v) is 3.89. The molecule has 20 heavy (non-hydrogen) atoms. The Morgan fingerprint density at radius 1 is 1.50 bits per heavy atom. The van der Waals surface area contributed by atoms with E-state index < -0.39 is 6.10 Å². The molecular weight excluding hydrogens is 280 g/mol. The molecule has 2 heterocycles. The first kappa shape index (κ1) is 13.5. The normalized spacial score (nSPS) is 21.3. The van der Waals surface area contributed by atoms with Crippen molar-refractivity contribution >= 4 is 23.3 Å². The van der Waals surface area contributed by atoms with Crippen LogP contribution >= 0.6 is 11.6 Å². The molecule has 3 rings (SSSR count). The maximum Gasteiger partial charge on any atom is 0.322 e. The summed E-state index contributed by atoms with van der Waals surface area (Å²) < 4.78 is 5.55. The summed E-state index contributed by atoms with van der Waals surface area (Å²) in [7, 11) is 0. The van der Waals surface area contributed by atoms with Crippen LogP contribution in [0.25, 0.3) is 0 Å². The van der Waals surface area contributed by atoms with Gasteiger partial charge < -0.3 is 20.1 Å². The number of nitrogens with zero attached hydrogens (tertiary/aromatic N) is 1. The first-order chi connectivity index (χ1) is 9.63. The number of anilines is 1. The quantitative estimate of drug-likeness (QED) is 0.835. The van der Waals surface area contributed by atoms with Crippen molar-refractivity contribution in [3.8, 4) is 5.75 Å². The molecule has 2 N–H and O–H groups in total. The minimum Gasteiger partial charge on any atom is -0.491 e. The summed E-state index contributed by atoms with van der Waals surface area (Å²) in [6.45, 7) is 1.64. The highest BCUT2D eigenvalue weighted by Gasteiger charge is 2.24. The zero-order chi connectivity index (χ0) is 14.1. The zero-order valence-electron chi connectivity index (χ0n) is 11.1. The number of piperidine rings is 1. The SMILES string of the molecule is O=C(Nc1cc(Cl)cc2c1OCC2)N1CCC[C@@H](O)C1. The van der Waals surface area contributed by atoms with Crippen LogP contribution in [-0.4, -0.2) is 41.8 Å². The molecule has 1 aromatic rings. The summed E-state index contributed by atoms with van der Waals surface area (Å²) >= 11 is 6.06. The molecule has 0 aliphatic carbocycles. The Labute approximate surface area is 122 Å². The van der Waals surface area contributed by atoms with Crippen molar-refractivity contribution in [1.82, 2.24) is 4.90 Å². The highest BCUT2D eigenvalue weighted by atomic mass is 35.5. The Morgan fingerprint density at radius 2 is 2.35 bits per heavy atom. The van der Waals surface area contributed by atoms with Gasteiger partial charge in [0.25, 0.3) is 0 Å². The number of hydrogen-bond donors (Lipinski definition) is 2. The fraction of sp³-hybridized carbons (Fsp3) is 0.500. The van der Waals surface area contributed by atoms with E-state index in [1.165, 1.54) is 0 Å². The number of rotatable bonds is 1. The highest BCUT2D eigenvalue weighted by Crippen LogP contribution is 2.36. The Morgan fingerprint density at radius 3 is 3.15 bits per heavy atom. The summed E-state index contributed by atoms with van der Waals surface area (Å²) in [5.74, 6) is 0.709. The topological polar surface area (TPSA) is 61.8 Å². The van der Waals surface area contributed by atoms with Gasteiger partial charge in [-0.2, -0.15) is 0 Å². The van der Waals surface area contributed by atoms with Crippen molar-refractivity contribution < 1.29 is 14.6 Å². The number of hydrogen-bond acceptors (Lipinski definition) is 3. The van der Waals surface area contributed by atoms with E-state index in [1.54, 1.807) is 11.0 Å². The minimum atomic E-state index is -0.434. The van der Waals surface area contributed by atoms with Crippen molar-refractivity contribution in [3.05, 3.63) is 22.7 Å². The molecule has 0 unspecified atom stereocenters. The number of ether oxygens (including phenoxy) is 1. The van der Waals surface area contributed by atoms with Gasteiger partial charge in [0.2, 0.25) is 0 Å². The first-order valence-corrected chi connectivity index (χ1v) is 7.20. The van der Waals surface area contributed by atoms with Gasteiger partial charge in [-0.05, 0) is 25.0 Å². The third-order valence-electron chi connectivity index (χ3n) is 3.67. The molecule has 6 heteroatoms. The van der Waals surface area contributed by atoms with Gasteiger partial charge in [-0.25, -0.2) is 4.79 Å². The van der Waals surface area contributed by atoms with E-state index in [0.717, 1.165) is 24.8 Å². The van der Waals surface area contributed by atoms with E-state index in [-0.39, 0.29) is 6.03 Å². The first-order valence-electron chi connectivity index (χ1n) is 6.82. The standard InChI is InChI=1S/C14H17ClN2O3/c15-10-6-9-3-5-20-13(9)12(7-10)16-14(19)17-4-1-2-11(18)8-17/h6-7,11,18H,1-5,8H2,(H,16,19)/t11-/m1/s1. The second kappa shape index (κ2) is 5.50. The van der Waals surface area contributed by atoms with Crippen LogP contribution in [0.2, 0.25) is 5.02 Å². The van der Waals surface area contributed by atoms with E-state index in [4.69, 9.17) is 16.3 Å². The molecule has 0 radical (unpaired) electrons. The van der Waals surface area contributed by atoms with Gasteiger partial charge in [0.15, 0.2) is 0 Å². The van der Waals surface area contributed by atoms with Crippen molar-refractivity contribution in [3.63, 3.8) is 0 Å². The summed E-state index contributed by atoms with van der Waals surface area (Å²) in [4.78, 5) is 13.9. The number of carbonyl (C=O) groups is 1. The Balaban J connectivity index is 1.76. The molecule has 108 valence electrons. The lowest BCUT2D eigenvalue weighted by molar-refractivity contribution is 0.0883. The smallest absolute Gasteiger partial charge is 0.322 e. The van der Waals surface area contributed by atoms with E-state index in [2.05, 4.69) is 5.32 Å². The van der Waals surface area contributed by atoms with Crippen molar-refractivity contribution in [2.45, 2.75) is 25.4 Å². The van der Waals surface area contributed by atoms with Crippen molar-refractivity contribution in [2.75, 3.05) is 25.0 Å². The number of likely N-dealkylation sites (tertiary alicyclic amines) is 1. The molecule has 5 nitrogen and oxygen atoms in total. The second-order valence-corrected chi connectivity index (χ2v) is 5.65. The number of carbonyl (C=O) groups excluding carboxylic acids is 1. The van der Waals surface area contributed by atoms with Crippen molar-refractivity contribution in [2.24, 2.45) is 0 Å². The maximum atomic E-state index is 12.2. The molecule has 1 aromatic carbocycles. The van der Waals surface area contributed by atoms with E-state index in [9.17, 15) is 9.90 Å². The van der Waals surface area contributed by atoms with Crippen molar-refractivity contribution in [1.29, 1.82) is 0 Å². The van der Waals surface area contributed by atoms with Gasteiger partial charge >= 0.3 is 6.03 Å². The van der Waals surface area contributed by atoms with Crippen LogP contribution in [-0.2, 0) is 6.42 Å². The summed E-state index contributed by atoms with van der Waals surface area (Å²) in [5.41, 5.74) is 1.63. The number of halogens is 1. The van der Waals surface area contributed by atoms with Crippen LogP contribution in [0, 0.1) is 0 Å². The molecule has 1 atom stereocenters. The van der Waals surface area contributed by atoms with Gasteiger partial charge in [-0.1, -0.05) is 11.6 Å². The lowest BCUT2D eigenvalue weighted by Gasteiger charge is -2.30. The van der Waals surface area contributed by atoms with E-state index >= 15 is 0 Å². The average molecular weight is 297 g/mol. The van der Waals surface area contributed by atoms with Crippen LogP contribution in [0.3, 0.4) is 0 Å². The average Bonchev–Trinajstić information content (AvgIpc) is 2.86. The fourth-order valence-electron chi connectivity index (χ4n) is 2.70. The monoisotopic (exact) mass is 296 g/mol. The molecule has 2 aliphatic heterocycles. The Bertz CT molecular complexity index is 535. The summed E-state index contributed by atoms with van der Waals surface area (Å²) in [6.07, 6.45) is 1.94. The van der Waals surface area contributed by atoms with E-state index in [1.807, 2.05) is 6.07 Å². The second-order valence-electron chi connectivity index (χ2n) is 5.21. The van der Waals surface area contributed by atoms with E-state index in [0.29, 0.717) is 36.2 Å². The van der Waals surface area contributed by atoms with Crippen LogP contribution in [0.15, 0.2) is 12.1 Å². The van der Waals surface area contributed by atoms with Gasteiger partial charge in [0, 0.05) is 30.1 Å². The molecule has 1 fully saturated rings. The van der Waals surface area contributed by atoms with Crippen LogP contribution < -0.4 is 10.1 Å². The largest absolute Gasteiger partial charge is 0.491 e. The third kappa shape index (κ3) is 2.69. The molecule has 2 aliphatic rings. The van der Waals surface area contributed by atoms with Crippen LogP contribution in [0.5, 0.6) is 5.75 Å². The number of nitrogens with one attached hydrogen (secondary N) is 1. The number of benzene rings is 1. The fourth-order valence-corrected chi connectivity index (χ4v) is 2.94. The molecular formula is C14H17ClN2O3. The number of amides is 2. The van der Waals surface area contributed by atoms with Crippen LogP contribution in [0.4, 0.5) is 10.5 Å². The summed E-state index contributed by atoms with van der Waals surface area (Å²) in [6, 6.07) is 3.34. The number of fused-ring (bicyclic) bond motifs is 1. The predicted molar refractivity (Wildman–Crippen MR) is 76.5 cm³/mol. The lowest BCUT2D eigenvalue weighted by Crippen LogP contribution is -2.44. The van der Waals surface area contributed by atoms with Crippen LogP contribution in [0.1, 0.15) is 18.4 Å². The van der Waals surface area contributed by atoms with Gasteiger partial charge in [0.05, 0.1) is 18.4 Å². The molecule has 0 saturated carbocycles. The summed E-state index contributed by atoms with van der Waals surface area (Å²) in [5, 5.41) is 13.1.